The van der Waals surface area contributed by atoms with Crippen molar-refractivity contribution in [2.75, 3.05) is 33.4 Å². The topological polar surface area (TPSA) is 50.7 Å². The average molecular weight is 408 g/mol. The highest BCUT2D eigenvalue weighted by molar-refractivity contribution is 6.30. The van der Waals surface area contributed by atoms with Crippen molar-refractivity contribution in [3.8, 4) is 11.1 Å². The molecule has 1 unspecified atom stereocenters. The first-order valence-electron chi connectivity index (χ1n) is 9.65. The van der Waals surface area contributed by atoms with E-state index in [2.05, 4.69) is 5.32 Å². The van der Waals surface area contributed by atoms with Gasteiger partial charge >= 0.3 is 0 Å². The first kappa shape index (κ1) is 21.2. The van der Waals surface area contributed by atoms with Gasteiger partial charge in [0.05, 0.1) is 6.61 Å². The van der Waals surface area contributed by atoms with Crippen molar-refractivity contribution in [1.82, 2.24) is 5.32 Å². The molecule has 1 aliphatic heterocycles. The van der Waals surface area contributed by atoms with Gasteiger partial charge in [-0.2, -0.15) is 0 Å². The van der Waals surface area contributed by atoms with Crippen molar-refractivity contribution < 1.29 is 19.0 Å². The van der Waals surface area contributed by atoms with Gasteiger partial charge in [-0.3, -0.25) is 0 Å². The molecule has 0 aromatic heterocycles. The summed E-state index contributed by atoms with van der Waals surface area (Å²) < 4.78 is 26.0. The summed E-state index contributed by atoms with van der Waals surface area (Å²) in [6.45, 7) is 2.36. The number of hydrogen-bond acceptors (Lipinski definition) is 4. The summed E-state index contributed by atoms with van der Waals surface area (Å²) in [5.74, 6) is -0.390. The average Bonchev–Trinajstić information content (AvgIpc) is 2.71. The van der Waals surface area contributed by atoms with E-state index in [9.17, 15) is 9.50 Å². The van der Waals surface area contributed by atoms with Crippen molar-refractivity contribution in [3.63, 3.8) is 0 Å². The molecule has 0 radical (unpaired) electrons. The predicted octanol–water partition coefficient (Wildman–Crippen LogP) is 4.14. The van der Waals surface area contributed by atoms with Crippen LogP contribution in [0.5, 0.6) is 0 Å². The molecule has 1 heterocycles. The number of unbranched alkanes of at least 4 members (excludes halogenated alkanes) is 1. The van der Waals surface area contributed by atoms with E-state index in [0.717, 1.165) is 19.4 Å². The Bertz CT molecular complexity index is 782. The van der Waals surface area contributed by atoms with Crippen molar-refractivity contribution in [2.24, 2.45) is 0 Å². The van der Waals surface area contributed by atoms with Crippen LogP contribution >= 0.6 is 11.6 Å². The van der Waals surface area contributed by atoms with Crippen LogP contribution in [0.3, 0.4) is 0 Å². The minimum Gasteiger partial charge on any atom is -0.385 e. The van der Waals surface area contributed by atoms with E-state index in [0.29, 0.717) is 47.9 Å². The smallest absolute Gasteiger partial charge is 0.131 e. The number of nitrogens with one attached hydrogen (secondary N) is 1. The van der Waals surface area contributed by atoms with E-state index < -0.39 is 11.7 Å². The lowest BCUT2D eigenvalue weighted by atomic mass is 9.79. The van der Waals surface area contributed by atoms with E-state index in [-0.39, 0.29) is 5.82 Å². The van der Waals surface area contributed by atoms with Gasteiger partial charge in [-0.15, -0.1) is 0 Å². The fourth-order valence-corrected chi connectivity index (χ4v) is 3.99. The summed E-state index contributed by atoms with van der Waals surface area (Å²) in [4.78, 5) is 0. The number of benzene rings is 2. The molecule has 0 amide bonds. The lowest BCUT2D eigenvalue weighted by Crippen LogP contribution is -2.51. The van der Waals surface area contributed by atoms with Gasteiger partial charge in [-0.05, 0) is 48.6 Å². The third-order valence-corrected chi connectivity index (χ3v) is 5.45. The normalized spacial score (nSPS) is 19.4. The van der Waals surface area contributed by atoms with E-state index in [1.165, 1.54) is 6.07 Å². The molecule has 0 saturated carbocycles. The fourth-order valence-electron chi connectivity index (χ4n) is 3.80. The third kappa shape index (κ3) is 4.73. The maximum absolute atomic E-state index is 15.0. The van der Waals surface area contributed by atoms with Crippen LogP contribution in [0.4, 0.5) is 4.39 Å². The van der Waals surface area contributed by atoms with Gasteiger partial charge in [0.1, 0.15) is 17.5 Å². The molecule has 1 fully saturated rings. The molecule has 6 heteroatoms. The van der Waals surface area contributed by atoms with Crippen LogP contribution < -0.4 is 5.32 Å². The molecular weight excluding hydrogens is 381 g/mol. The third-order valence-electron chi connectivity index (χ3n) is 5.21. The Labute approximate surface area is 170 Å². The Morgan fingerprint density at radius 2 is 2.11 bits per heavy atom. The molecule has 152 valence electrons. The number of hydrogen-bond donors (Lipinski definition) is 2. The lowest BCUT2D eigenvalue weighted by Gasteiger charge is -2.40. The van der Waals surface area contributed by atoms with E-state index in [4.69, 9.17) is 21.1 Å². The maximum atomic E-state index is 15.0. The Kier molecular flexibility index (Phi) is 7.43. The van der Waals surface area contributed by atoms with Gasteiger partial charge in [-0.1, -0.05) is 35.9 Å². The summed E-state index contributed by atoms with van der Waals surface area (Å²) in [7, 11) is 1.66. The SMILES string of the molecule is COCCCC[C@@](O)(c1cccc(F)c1-c1cccc(Cl)c1)C1CNCCO1. The van der Waals surface area contributed by atoms with Crippen molar-refractivity contribution in [2.45, 2.75) is 31.0 Å². The number of ether oxygens (including phenoxy) is 2. The molecule has 2 aromatic rings. The molecule has 0 spiro atoms. The molecular formula is C22H27ClFNO3. The maximum Gasteiger partial charge on any atom is 0.131 e. The van der Waals surface area contributed by atoms with Crippen LogP contribution in [0.1, 0.15) is 24.8 Å². The predicted molar refractivity (Wildman–Crippen MR) is 109 cm³/mol. The van der Waals surface area contributed by atoms with E-state index in [1.807, 2.05) is 0 Å². The highest BCUT2D eigenvalue weighted by Crippen LogP contribution is 2.40. The van der Waals surface area contributed by atoms with E-state index >= 15 is 0 Å². The van der Waals surface area contributed by atoms with Crippen LogP contribution in [0.2, 0.25) is 5.02 Å². The fraction of sp³-hybridized carbons (Fsp3) is 0.455. The molecule has 0 bridgehead atoms. The van der Waals surface area contributed by atoms with Crippen molar-refractivity contribution in [3.05, 3.63) is 58.9 Å². The Hall–Kier alpha value is -1.50. The summed E-state index contributed by atoms with van der Waals surface area (Å²) in [5.41, 5.74) is 0.204. The van der Waals surface area contributed by atoms with Gasteiger partial charge in [0, 0.05) is 37.4 Å². The second-order valence-corrected chi connectivity index (χ2v) is 7.55. The highest BCUT2D eigenvalue weighted by Gasteiger charge is 2.42. The standard InChI is InChI=1S/C22H27ClFNO3/c1-27-12-3-2-10-22(26,20-15-25-11-13-28-20)18-8-5-9-19(24)21(18)16-6-4-7-17(23)14-16/h4-9,14,20,25-26H,2-3,10-13,15H2,1H3/t20?,22-/m1/s1. The number of morpholine rings is 1. The van der Waals surface area contributed by atoms with Gasteiger partial charge in [-0.25, -0.2) is 4.39 Å². The molecule has 3 rings (SSSR count). The summed E-state index contributed by atoms with van der Waals surface area (Å²) in [5, 5.41) is 15.6. The molecule has 28 heavy (non-hydrogen) atoms. The monoisotopic (exact) mass is 407 g/mol. The van der Waals surface area contributed by atoms with Gasteiger partial charge in [0.2, 0.25) is 0 Å². The minimum absolute atomic E-state index is 0.369. The van der Waals surface area contributed by atoms with Gasteiger partial charge in [0.15, 0.2) is 0 Å². The van der Waals surface area contributed by atoms with Gasteiger partial charge < -0.3 is 19.9 Å². The Balaban J connectivity index is 2.05. The second-order valence-electron chi connectivity index (χ2n) is 7.11. The summed E-state index contributed by atoms with van der Waals surface area (Å²) in [6.07, 6.45) is 1.51. The Morgan fingerprint density at radius 3 is 2.82 bits per heavy atom. The van der Waals surface area contributed by atoms with Crippen LogP contribution in [-0.4, -0.2) is 44.6 Å². The summed E-state index contributed by atoms with van der Waals surface area (Å²) >= 11 is 6.15. The molecule has 2 aromatic carbocycles. The van der Waals surface area contributed by atoms with E-state index in [1.54, 1.807) is 43.5 Å². The summed E-state index contributed by atoms with van der Waals surface area (Å²) in [6, 6.07) is 11.9. The Morgan fingerprint density at radius 1 is 1.29 bits per heavy atom. The number of aliphatic hydroxyl groups is 1. The van der Waals surface area contributed by atoms with Crippen LogP contribution in [0.25, 0.3) is 11.1 Å². The number of halogens is 2. The molecule has 1 saturated heterocycles. The molecule has 4 nitrogen and oxygen atoms in total. The van der Waals surface area contributed by atoms with Crippen molar-refractivity contribution in [1.29, 1.82) is 0 Å². The quantitative estimate of drug-likeness (QED) is 0.646. The first-order valence-corrected chi connectivity index (χ1v) is 10.0. The second kappa shape index (κ2) is 9.81. The van der Waals surface area contributed by atoms with Crippen molar-refractivity contribution >= 4 is 11.6 Å². The van der Waals surface area contributed by atoms with Crippen LogP contribution in [0.15, 0.2) is 42.5 Å². The number of rotatable bonds is 8. The highest BCUT2D eigenvalue weighted by atomic mass is 35.5. The van der Waals surface area contributed by atoms with Crippen LogP contribution in [-0.2, 0) is 15.1 Å². The molecule has 2 N–H and O–H groups in total. The zero-order valence-corrected chi connectivity index (χ0v) is 16.8. The zero-order valence-electron chi connectivity index (χ0n) is 16.1. The number of methoxy groups -OCH3 is 1. The largest absolute Gasteiger partial charge is 0.385 e. The molecule has 0 aliphatic carbocycles. The molecule has 2 atom stereocenters. The minimum atomic E-state index is -1.33. The first-order chi connectivity index (χ1) is 13.6. The molecule has 1 aliphatic rings. The van der Waals surface area contributed by atoms with Crippen LogP contribution in [0, 0.1) is 5.82 Å². The zero-order chi connectivity index (χ0) is 20.0. The van der Waals surface area contributed by atoms with Gasteiger partial charge in [0.25, 0.3) is 0 Å². The lowest BCUT2D eigenvalue weighted by molar-refractivity contribution is -0.129.